The molecular formula is C26H33N3O5. The van der Waals surface area contributed by atoms with Gasteiger partial charge in [0.1, 0.15) is 18.1 Å². The topological polar surface area (TPSA) is 71.5 Å². The molecule has 0 radical (unpaired) electrons. The fourth-order valence-corrected chi connectivity index (χ4v) is 4.50. The number of carbonyl (C=O) groups is 2. The van der Waals surface area contributed by atoms with E-state index in [1.165, 1.54) is 0 Å². The molecule has 2 saturated heterocycles. The number of hydrogen-bond acceptors (Lipinski definition) is 6. The lowest BCUT2D eigenvalue weighted by Gasteiger charge is -2.41. The maximum absolute atomic E-state index is 13.5. The van der Waals surface area contributed by atoms with E-state index < -0.39 is 0 Å². The zero-order valence-corrected chi connectivity index (χ0v) is 19.9. The van der Waals surface area contributed by atoms with Crippen molar-refractivity contribution < 1.29 is 23.8 Å². The molecule has 0 unspecified atom stereocenters. The summed E-state index contributed by atoms with van der Waals surface area (Å²) < 4.78 is 16.7. The summed E-state index contributed by atoms with van der Waals surface area (Å²) in [7, 11) is 1.62. The summed E-state index contributed by atoms with van der Waals surface area (Å²) in [6, 6.07) is 14.9. The van der Waals surface area contributed by atoms with Gasteiger partial charge in [-0.05, 0) is 29.8 Å². The van der Waals surface area contributed by atoms with Crippen LogP contribution in [0, 0.1) is 0 Å². The van der Waals surface area contributed by atoms with E-state index in [0.29, 0.717) is 37.6 Å². The number of hydrogen-bond donors (Lipinski definition) is 0. The molecule has 2 heterocycles. The first-order valence-corrected chi connectivity index (χ1v) is 11.8. The minimum atomic E-state index is -0.212. The monoisotopic (exact) mass is 467 g/mol. The lowest BCUT2D eigenvalue weighted by Crippen LogP contribution is -2.51. The number of para-hydroxylation sites is 1. The predicted molar refractivity (Wildman–Crippen MR) is 128 cm³/mol. The van der Waals surface area contributed by atoms with E-state index in [-0.39, 0.29) is 17.9 Å². The third kappa shape index (κ3) is 5.69. The van der Waals surface area contributed by atoms with Crippen molar-refractivity contribution in [2.75, 3.05) is 66.2 Å². The number of piperazine rings is 1. The molecule has 0 aromatic heterocycles. The summed E-state index contributed by atoms with van der Waals surface area (Å²) in [5.74, 6) is 1.27. The maximum Gasteiger partial charge on any atom is 0.257 e. The quantitative estimate of drug-likeness (QED) is 0.623. The summed E-state index contributed by atoms with van der Waals surface area (Å²) in [6.07, 6.45) is 0. The van der Waals surface area contributed by atoms with Crippen molar-refractivity contribution >= 4 is 11.8 Å². The Morgan fingerprint density at radius 1 is 1.00 bits per heavy atom. The molecule has 0 spiro atoms. The predicted octanol–water partition coefficient (Wildman–Crippen LogP) is 2.45. The normalized spacial score (nSPS) is 19.1. The van der Waals surface area contributed by atoms with Crippen molar-refractivity contribution in [2.24, 2.45) is 0 Å². The van der Waals surface area contributed by atoms with E-state index in [0.717, 1.165) is 44.2 Å². The summed E-state index contributed by atoms with van der Waals surface area (Å²) >= 11 is 0. The van der Waals surface area contributed by atoms with Gasteiger partial charge in [0, 0.05) is 46.2 Å². The van der Waals surface area contributed by atoms with Crippen LogP contribution in [0.5, 0.6) is 11.5 Å². The molecule has 2 fully saturated rings. The van der Waals surface area contributed by atoms with E-state index >= 15 is 0 Å². The van der Waals surface area contributed by atoms with Crippen molar-refractivity contribution in [1.82, 2.24) is 14.7 Å². The van der Waals surface area contributed by atoms with Gasteiger partial charge in [-0.15, -0.1) is 0 Å². The molecule has 8 heteroatoms. The standard InChI is InChI=1S/C26H33N3O5/c1-20(30)29-12-11-28(19-24(29)21-7-9-22(32-2)10-8-21)26(31)23-5-3-4-6-25(23)34-18-15-27-13-16-33-17-14-27/h3-10,24H,11-19H2,1-2H3/t24-/m0/s1. The summed E-state index contributed by atoms with van der Waals surface area (Å²) in [4.78, 5) is 31.8. The van der Waals surface area contributed by atoms with E-state index in [1.807, 2.05) is 58.3 Å². The summed E-state index contributed by atoms with van der Waals surface area (Å²) in [6.45, 7) is 7.56. The van der Waals surface area contributed by atoms with Gasteiger partial charge in [0.15, 0.2) is 0 Å². The smallest absolute Gasteiger partial charge is 0.257 e. The van der Waals surface area contributed by atoms with Crippen molar-refractivity contribution in [1.29, 1.82) is 0 Å². The molecule has 2 aromatic rings. The minimum absolute atomic E-state index is 0.000219. The maximum atomic E-state index is 13.5. The highest BCUT2D eigenvalue weighted by atomic mass is 16.5. The fraction of sp³-hybridized carbons (Fsp3) is 0.462. The van der Waals surface area contributed by atoms with Crippen LogP contribution in [0.3, 0.4) is 0 Å². The Labute approximate surface area is 201 Å². The molecular weight excluding hydrogens is 434 g/mol. The number of amides is 2. The molecule has 2 aliphatic rings. The van der Waals surface area contributed by atoms with Gasteiger partial charge >= 0.3 is 0 Å². The van der Waals surface area contributed by atoms with E-state index in [9.17, 15) is 9.59 Å². The van der Waals surface area contributed by atoms with Crippen LogP contribution in [0.4, 0.5) is 0 Å². The van der Waals surface area contributed by atoms with E-state index in [2.05, 4.69) is 4.90 Å². The van der Waals surface area contributed by atoms with Crippen LogP contribution in [0.2, 0.25) is 0 Å². The lowest BCUT2D eigenvalue weighted by molar-refractivity contribution is -0.133. The second kappa shape index (κ2) is 11.4. The van der Waals surface area contributed by atoms with Crippen molar-refractivity contribution in [2.45, 2.75) is 13.0 Å². The summed E-state index contributed by atoms with van der Waals surface area (Å²) in [5, 5.41) is 0. The third-order valence-corrected chi connectivity index (χ3v) is 6.46. The van der Waals surface area contributed by atoms with Gasteiger partial charge in [-0.1, -0.05) is 24.3 Å². The molecule has 0 saturated carbocycles. The van der Waals surface area contributed by atoms with Gasteiger partial charge < -0.3 is 24.0 Å². The molecule has 0 N–H and O–H groups in total. The average molecular weight is 468 g/mol. The lowest BCUT2D eigenvalue weighted by atomic mass is 10.0. The van der Waals surface area contributed by atoms with Crippen LogP contribution in [0.15, 0.2) is 48.5 Å². The zero-order chi connectivity index (χ0) is 23.9. The van der Waals surface area contributed by atoms with Crippen LogP contribution < -0.4 is 9.47 Å². The molecule has 1 atom stereocenters. The van der Waals surface area contributed by atoms with Gasteiger partial charge in [-0.3, -0.25) is 14.5 Å². The molecule has 2 amide bonds. The van der Waals surface area contributed by atoms with Gasteiger partial charge in [0.25, 0.3) is 5.91 Å². The second-order valence-electron chi connectivity index (χ2n) is 8.55. The van der Waals surface area contributed by atoms with Crippen molar-refractivity contribution in [3.63, 3.8) is 0 Å². The number of carbonyl (C=O) groups excluding carboxylic acids is 2. The third-order valence-electron chi connectivity index (χ3n) is 6.46. The highest BCUT2D eigenvalue weighted by Crippen LogP contribution is 2.29. The van der Waals surface area contributed by atoms with Crippen LogP contribution >= 0.6 is 0 Å². The first kappa shape index (κ1) is 24.0. The number of rotatable bonds is 7. The van der Waals surface area contributed by atoms with Crippen molar-refractivity contribution in [3.05, 3.63) is 59.7 Å². The molecule has 0 aliphatic carbocycles. The van der Waals surface area contributed by atoms with Crippen LogP contribution in [0.25, 0.3) is 0 Å². The SMILES string of the molecule is COc1ccc([C@@H]2CN(C(=O)c3ccccc3OCCN3CCOCC3)CCN2C(C)=O)cc1. The Balaban J connectivity index is 1.46. The molecule has 0 bridgehead atoms. The number of methoxy groups -OCH3 is 1. The average Bonchev–Trinajstić information content (AvgIpc) is 2.89. The van der Waals surface area contributed by atoms with Gasteiger partial charge in [0.2, 0.25) is 5.91 Å². The Hall–Kier alpha value is -3.10. The molecule has 34 heavy (non-hydrogen) atoms. The van der Waals surface area contributed by atoms with Gasteiger partial charge in [-0.25, -0.2) is 0 Å². The highest BCUT2D eigenvalue weighted by molar-refractivity contribution is 5.97. The van der Waals surface area contributed by atoms with E-state index in [4.69, 9.17) is 14.2 Å². The Kier molecular flexibility index (Phi) is 8.03. The van der Waals surface area contributed by atoms with Gasteiger partial charge in [0.05, 0.1) is 31.9 Å². The highest BCUT2D eigenvalue weighted by Gasteiger charge is 2.33. The molecule has 2 aromatic carbocycles. The Morgan fingerprint density at radius 2 is 1.74 bits per heavy atom. The Bertz CT molecular complexity index is 975. The zero-order valence-electron chi connectivity index (χ0n) is 19.9. The second-order valence-corrected chi connectivity index (χ2v) is 8.55. The first-order valence-electron chi connectivity index (χ1n) is 11.8. The van der Waals surface area contributed by atoms with E-state index in [1.54, 1.807) is 14.0 Å². The van der Waals surface area contributed by atoms with Crippen LogP contribution in [-0.2, 0) is 9.53 Å². The fourth-order valence-electron chi connectivity index (χ4n) is 4.50. The number of nitrogens with zero attached hydrogens (tertiary/aromatic N) is 3. The number of benzene rings is 2. The minimum Gasteiger partial charge on any atom is -0.497 e. The molecule has 8 nitrogen and oxygen atoms in total. The van der Waals surface area contributed by atoms with Gasteiger partial charge in [-0.2, -0.15) is 0 Å². The Morgan fingerprint density at radius 3 is 2.44 bits per heavy atom. The van der Waals surface area contributed by atoms with Crippen LogP contribution in [-0.4, -0.2) is 92.7 Å². The molecule has 2 aliphatic heterocycles. The van der Waals surface area contributed by atoms with Crippen molar-refractivity contribution in [3.8, 4) is 11.5 Å². The van der Waals surface area contributed by atoms with Crippen LogP contribution in [0.1, 0.15) is 28.9 Å². The number of ether oxygens (including phenoxy) is 3. The summed E-state index contributed by atoms with van der Waals surface area (Å²) in [5.41, 5.74) is 1.53. The first-order chi connectivity index (χ1) is 16.6. The number of morpholine rings is 1. The molecule has 182 valence electrons. The molecule has 4 rings (SSSR count). The largest absolute Gasteiger partial charge is 0.497 e.